The molecule has 0 unspecified atom stereocenters. The summed E-state index contributed by atoms with van der Waals surface area (Å²) in [5.74, 6) is 1.10. The number of nitrogens with one attached hydrogen (secondary N) is 1. The van der Waals surface area contributed by atoms with Gasteiger partial charge in [0.15, 0.2) is 17.1 Å². The molecule has 0 fully saturated rings. The zero-order valence-corrected chi connectivity index (χ0v) is 16.4. The summed E-state index contributed by atoms with van der Waals surface area (Å²) in [6.07, 6.45) is 3.64. The SMILES string of the molecule is COc1cccc2cc(C(=O)Nc3cccc(-c4nc5ncccn5c4C)c3)oc12. The topological polar surface area (TPSA) is 81.7 Å². The Morgan fingerprint density at radius 2 is 2.00 bits per heavy atom. The van der Waals surface area contributed by atoms with Crippen LogP contribution in [0.5, 0.6) is 5.75 Å². The molecule has 1 N–H and O–H groups in total. The molecule has 3 aromatic heterocycles. The van der Waals surface area contributed by atoms with Crippen LogP contribution in [0.3, 0.4) is 0 Å². The summed E-state index contributed by atoms with van der Waals surface area (Å²) in [6, 6.07) is 16.6. The summed E-state index contributed by atoms with van der Waals surface area (Å²) in [7, 11) is 1.57. The van der Waals surface area contributed by atoms with E-state index in [1.165, 1.54) is 0 Å². The van der Waals surface area contributed by atoms with E-state index in [4.69, 9.17) is 9.15 Å². The Labute approximate surface area is 171 Å². The summed E-state index contributed by atoms with van der Waals surface area (Å²) < 4.78 is 13.0. The molecule has 5 rings (SSSR count). The first-order valence-corrected chi connectivity index (χ1v) is 9.42. The Balaban J connectivity index is 1.46. The molecule has 30 heavy (non-hydrogen) atoms. The maximum atomic E-state index is 12.8. The smallest absolute Gasteiger partial charge is 0.291 e. The van der Waals surface area contributed by atoms with Crippen LogP contribution in [0.25, 0.3) is 28.0 Å². The molecule has 0 saturated heterocycles. The van der Waals surface area contributed by atoms with E-state index in [-0.39, 0.29) is 11.7 Å². The monoisotopic (exact) mass is 398 g/mol. The third kappa shape index (κ3) is 2.97. The number of fused-ring (bicyclic) bond motifs is 2. The van der Waals surface area contributed by atoms with E-state index in [0.717, 1.165) is 22.3 Å². The number of para-hydroxylation sites is 1. The zero-order chi connectivity index (χ0) is 20.7. The van der Waals surface area contributed by atoms with E-state index < -0.39 is 0 Å². The Hall–Kier alpha value is -4.13. The van der Waals surface area contributed by atoms with Crippen molar-refractivity contribution >= 4 is 28.3 Å². The van der Waals surface area contributed by atoms with Gasteiger partial charge in [-0.15, -0.1) is 0 Å². The number of aryl methyl sites for hydroxylation is 1. The Bertz CT molecular complexity index is 1400. The molecule has 0 atom stereocenters. The highest BCUT2D eigenvalue weighted by Crippen LogP contribution is 2.29. The van der Waals surface area contributed by atoms with E-state index in [2.05, 4.69) is 15.3 Å². The van der Waals surface area contributed by atoms with Gasteiger partial charge in [0.2, 0.25) is 5.78 Å². The molecule has 0 saturated carbocycles. The molecule has 0 spiro atoms. The number of rotatable bonds is 4. The maximum absolute atomic E-state index is 12.8. The predicted molar refractivity (Wildman–Crippen MR) is 114 cm³/mol. The van der Waals surface area contributed by atoms with Crippen LogP contribution in [0.15, 0.2) is 71.4 Å². The van der Waals surface area contributed by atoms with E-state index in [0.29, 0.717) is 22.8 Å². The number of nitrogens with zero attached hydrogens (tertiary/aromatic N) is 3. The lowest BCUT2D eigenvalue weighted by atomic mass is 10.1. The highest BCUT2D eigenvalue weighted by atomic mass is 16.5. The molecule has 7 heteroatoms. The van der Waals surface area contributed by atoms with Crippen LogP contribution in [-0.4, -0.2) is 27.4 Å². The van der Waals surface area contributed by atoms with Gasteiger partial charge in [0.25, 0.3) is 5.91 Å². The minimum atomic E-state index is -0.334. The van der Waals surface area contributed by atoms with Gasteiger partial charge in [-0.1, -0.05) is 24.3 Å². The second kappa shape index (κ2) is 7.04. The summed E-state index contributed by atoms with van der Waals surface area (Å²) in [4.78, 5) is 21.7. The molecule has 2 aromatic carbocycles. The average molecular weight is 398 g/mol. The van der Waals surface area contributed by atoms with Gasteiger partial charge in [-0.3, -0.25) is 9.20 Å². The highest BCUT2D eigenvalue weighted by molar-refractivity contribution is 6.05. The molecule has 0 aliphatic rings. The molecule has 0 radical (unpaired) electrons. The van der Waals surface area contributed by atoms with Crippen LogP contribution >= 0.6 is 0 Å². The molecular weight excluding hydrogens is 380 g/mol. The largest absolute Gasteiger partial charge is 0.493 e. The fourth-order valence-corrected chi connectivity index (χ4v) is 3.52. The van der Waals surface area contributed by atoms with Crippen molar-refractivity contribution in [3.05, 3.63) is 78.4 Å². The van der Waals surface area contributed by atoms with E-state index in [1.54, 1.807) is 25.4 Å². The number of anilines is 1. The Morgan fingerprint density at radius 3 is 2.83 bits per heavy atom. The lowest BCUT2D eigenvalue weighted by Crippen LogP contribution is -2.10. The normalized spacial score (nSPS) is 11.1. The van der Waals surface area contributed by atoms with Crippen molar-refractivity contribution in [3.63, 3.8) is 0 Å². The quantitative estimate of drug-likeness (QED) is 0.474. The summed E-state index contributed by atoms with van der Waals surface area (Å²) in [6.45, 7) is 1.99. The molecule has 1 amide bonds. The van der Waals surface area contributed by atoms with Crippen molar-refractivity contribution in [1.29, 1.82) is 0 Å². The minimum absolute atomic E-state index is 0.216. The number of hydrogen-bond donors (Lipinski definition) is 1. The number of carbonyl (C=O) groups is 1. The summed E-state index contributed by atoms with van der Waals surface area (Å²) in [5.41, 5.74) is 3.88. The van der Waals surface area contributed by atoms with Crippen molar-refractivity contribution in [2.24, 2.45) is 0 Å². The van der Waals surface area contributed by atoms with Crippen LogP contribution in [0, 0.1) is 6.92 Å². The van der Waals surface area contributed by atoms with Gasteiger partial charge >= 0.3 is 0 Å². The van der Waals surface area contributed by atoms with E-state index in [1.807, 2.05) is 60.0 Å². The van der Waals surface area contributed by atoms with Gasteiger partial charge in [0.1, 0.15) is 0 Å². The van der Waals surface area contributed by atoms with Crippen molar-refractivity contribution in [2.75, 3.05) is 12.4 Å². The first-order chi connectivity index (χ1) is 14.6. The van der Waals surface area contributed by atoms with Gasteiger partial charge in [-0.25, -0.2) is 9.97 Å². The van der Waals surface area contributed by atoms with Crippen LogP contribution < -0.4 is 10.1 Å². The van der Waals surface area contributed by atoms with Gasteiger partial charge < -0.3 is 14.5 Å². The number of benzene rings is 2. The molecule has 0 aliphatic heterocycles. The van der Waals surface area contributed by atoms with E-state index in [9.17, 15) is 4.79 Å². The lowest BCUT2D eigenvalue weighted by molar-refractivity contribution is 0.0998. The van der Waals surface area contributed by atoms with Crippen molar-refractivity contribution in [2.45, 2.75) is 6.92 Å². The van der Waals surface area contributed by atoms with Crippen molar-refractivity contribution < 1.29 is 13.9 Å². The number of furan rings is 1. The van der Waals surface area contributed by atoms with E-state index >= 15 is 0 Å². The molecule has 3 heterocycles. The number of ether oxygens (including phenoxy) is 1. The third-order valence-corrected chi connectivity index (χ3v) is 4.99. The average Bonchev–Trinajstić information content (AvgIpc) is 3.36. The molecule has 148 valence electrons. The first kappa shape index (κ1) is 17.9. The van der Waals surface area contributed by atoms with Crippen LogP contribution in [0.1, 0.15) is 16.2 Å². The fraction of sp³-hybridized carbons (Fsp3) is 0.0870. The van der Waals surface area contributed by atoms with Gasteiger partial charge in [-0.2, -0.15) is 0 Å². The highest BCUT2D eigenvalue weighted by Gasteiger charge is 2.16. The Morgan fingerprint density at radius 1 is 1.13 bits per heavy atom. The molecule has 0 bridgehead atoms. The molecular formula is C23H18N4O3. The zero-order valence-electron chi connectivity index (χ0n) is 16.4. The van der Waals surface area contributed by atoms with Crippen LogP contribution in [-0.2, 0) is 0 Å². The third-order valence-electron chi connectivity index (χ3n) is 4.99. The van der Waals surface area contributed by atoms with Gasteiger partial charge in [0.05, 0.1) is 12.8 Å². The second-order valence-electron chi connectivity index (χ2n) is 6.86. The molecule has 7 nitrogen and oxygen atoms in total. The lowest BCUT2D eigenvalue weighted by Gasteiger charge is -2.06. The maximum Gasteiger partial charge on any atom is 0.291 e. The van der Waals surface area contributed by atoms with Crippen molar-refractivity contribution in [3.8, 4) is 17.0 Å². The predicted octanol–water partition coefficient (Wildman–Crippen LogP) is 4.71. The summed E-state index contributed by atoms with van der Waals surface area (Å²) in [5, 5.41) is 3.70. The molecule has 0 aliphatic carbocycles. The Kier molecular flexibility index (Phi) is 4.21. The second-order valence-corrected chi connectivity index (χ2v) is 6.86. The standard InChI is InChI=1S/C23H18N4O3/c1-14-20(26-23-24-10-5-11-27(14)23)15-6-3-8-17(12-15)25-22(28)19-13-16-7-4-9-18(29-2)21(16)30-19/h3-13H,1-2H3,(H,25,28). The number of imidazole rings is 1. The minimum Gasteiger partial charge on any atom is -0.493 e. The number of carbonyl (C=O) groups excluding carboxylic acids is 1. The fourth-order valence-electron chi connectivity index (χ4n) is 3.52. The molecule has 5 aromatic rings. The number of amides is 1. The number of methoxy groups -OCH3 is 1. The van der Waals surface area contributed by atoms with Crippen LogP contribution in [0.2, 0.25) is 0 Å². The summed E-state index contributed by atoms with van der Waals surface area (Å²) >= 11 is 0. The first-order valence-electron chi connectivity index (χ1n) is 9.42. The van der Waals surface area contributed by atoms with Crippen LogP contribution in [0.4, 0.5) is 5.69 Å². The number of aromatic nitrogens is 3. The van der Waals surface area contributed by atoms with Gasteiger partial charge in [0, 0.05) is 34.7 Å². The number of hydrogen-bond acceptors (Lipinski definition) is 5. The van der Waals surface area contributed by atoms with Crippen molar-refractivity contribution in [1.82, 2.24) is 14.4 Å². The van der Waals surface area contributed by atoms with Gasteiger partial charge in [-0.05, 0) is 37.3 Å².